The van der Waals surface area contributed by atoms with Gasteiger partial charge < -0.3 is 9.47 Å². The molecule has 0 amide bonds. The molecule has 2 heterocycles. The fraction of sp³-hybridized carbons (Fsp3) is 0.421. The van der Waals surface area contributed by atoms with Crippen LogP contribution in [0.1, 0.15) is 43.0 Å². The lowest BCUT2D eigenvalue weighted by molar-refractivity contribution is 0.154. The fourth-order valence-electron chi connectivity index (χ4n) is 3.88. The predicted molar refractivity (Wildman–Crippen MR) is 90.1 cm³/mol. The first-order chi connectivity index (χ1) is 11.2. The van der Waals surface area contributed by atoms with Gasteiger partial charge in [0, 0.05) is 23.1 Å². The zero-order chi connectivity index (χ0) is 16.0. The van der Waals surface area contributed by atoms with Crippen LogP contribution in [0.25, 0.3) is 16.5 Å². The zero-order valence-corrected chi connectivity index (χ0v) is 13.6. The van der Waals surface area contributed by atoms with Crippen molar-refractivity contribution in [1.82, 2.24) is 4.57 Å². The van der Waals surface area contributed by atoms with E-state index in [1.807, 2.05) is 26.0 Å². The van der Waals surface area contributed by atoms with Gasteiger partial charge in [0.05, 0.1) is 18.7 Å². The SMILES string of the molecule is CCOC(=O)n1c(C)c2c3c4c(ccc31)OCC/C4=C/CCC2. The minimum atomic E-state index is -0.289. The molecule has 0 unspecified atom stereocenters. The lowest BCUT2D eigenvalue weighted by Crippen LogP contribution is -2.15. The first kappa shape index (κ1) is 14.4. The van der Waals surface area contributed by atoms with Crippen LogP contribution in [0.2, 0.25) is 0 Å². The summed E-state index contributed by atoms with van der Waals surface area (Å²) in [6, 6.07) is 3.98. The number of hydrogen-bond acceptors (Lipinski definition) is 3. The smallest absolute Gasteiger partial charge is 0.418 e. The van der Waals surface area contributed by atoms with E-state index in [0.717, 1.165) is 49.3 Å². The summed E-state index contributed by atoms with van der Waals surface area (Å²) in [5, 5.41) is 1.18. The Morgan fingerprint density at radius 1 is 1.35 bits per heavy atom. The molecule has 2 aromatic rings. The van der Waals surface area contributed by atoms with E-state index in [4.69, 9.17) is 9.47 Å². The van der Waals surface area contributed by atoms with Gasteiger partial charge in [0.2, 0.25) is 0 Å². The van der Waals surface area contributed by atoms with E-state index in [2.05, 4.69) is 6.08 Å². The molecular weight excluding hydrogens is 290 g/mol. The molecule has 0 atom stereocenters. The van der Waals surface area contributed by atoms with Crippen molar-refractivity contribution in [3.05, 3.63) is 35.0 Å². The van der Waals surface area contributed by atoms with Gasteiger partial charge in [-0.1, -0.05) is 6.08 Å². The van der Waals surface area contributed by atoms with Crippen LogP contribution >= 0.6 is 0 Å². The molecule has 4 heteroatoms. The van der Waals surface area contributed by atoms with E-state index in [-0.39, 0.29) is 6.09 Å². The van der Waals surface area contributed by atoms with Crippen molar-refractivity contribution < 1.29 is 14.3 Å². The number of allylic oxidation sites excluding steroid dienone is 1. The molecule has 4 nitrogen and oxygen atoms in total. The van der Waals surface area contributed by atoms with Crippen LogP contribution in [0.4, 0.5) is 4.79 Å². The topological polar surface area (TPSA) is 40.5 Å². The van der Waals surface area contributed by atoms with Crippen LogP contribution < -0.4 is 4.74 Å². The highest BCUT2D eigenvalue weighted by Crippen LogP contribution is 2.43. The number of benzene rings is 1. The summed E-state index contributed by atoms with van der Waals surface area (Å²) >= 11 is 0. The summed E-state index contributed by atoms with van der Waals surface area (Å²) in [6.07, 6.45) is 6.17. The highest BCUT2D eigenvalue weighted by Gasteiger charge is 2.27. The van der Waals surface area contributed by atoms with Gasteiger partial charge in [-0.3, -0.25) is 0 Å². The molecule has 0 spiro atoms. The second-order valence-corrected chi connectivity index (χ2v) is 6.15. The highest BCUT2D eigenvalue weighted by atomic mass is 16.5. The average molecular weight is 311 g/mol. The van der Waals surface area contributed by atoms with E-state index in [1.54, 1.807) is 4.57 Å². The summed E-state index contributed by atoms with van der Waals surface area (Å²) in [6.45, 7) is 4.97. The number of rotatable bonds is 1. The summed E-state index contributed by atoms with van der Waals surface area (Å²) in [5.74, 6) is 0.944. The maximum atomic E-state index is 12.5. The summed E-state index contributed by atoms with van der Waals surface area (Å²) < 4.78 is 12.9. The average Bonchev–Trinajstić information content (AvgIpc) is 2.80. The zero-order valence-electron chi connectivity index (χ0n) is 13.6. The molecular formula is C19H21NO3. The van der Waals surface area contributed by atoms with E-state index in [1.165, 1.54) is 22.1 Å². The van der Waals surface area contributed by atoms with Gasteiger partial charge in [-0.25, -0.2) is 9.36 Å². The molecule has 23 heavy (non-hydrogen) atoms. The van der Waals surface area contributed by atoms with Crippen LogP contribution in [0.3, 0.4) is 0 Å². The quantitative estimate of drug-likeness (QED) is 0.781. The molecule has 120 valence electrons. The Morgan fingerprint density at radius 2 is 2.22 bits per heavy atom. The largest absolute Gasteiger partial charge is 0.493 e. The Morgan fingerprint density at radius 3 is 3.04 bits per heavy atom. The van der Waals surface area contributed by atoms with Crippen molar-refractivity contribution >= 4 is 22.6 Å². The molecule has 0 radical (unpaired) electrons. The Hall–Kier alpha value is -2.23. The van der Waals surface area contributed by atoms with Gasteiger partial charge in [-0.15, -0.1) is 0 Å². The van der Waals surface area contributed by atoms with E-state index in [0.29, 0.717) is 6.61 Å². The van der Waals surface area contributed by atoms with Crippen LogP contribution in [0.15, 0.2) is 18.2 Å². The number of carbonyl (C=O) groups excluding carboxylic acids is 1. The Kier molecular flexibility index (Phi) is 3.40. The lowest BCUT2D eigenvalue weighted by Gasteiger charge is -2.23. The van der Waals surface area contributed by atoms with Gasteiger partial charge in [0.25, 0.3) is 0 Å². The van der Waals surface area contributed by atoms with Crippen LogP contribution in [-0.2, 0) is 11.2 Å². The number of aryl methyl sites for hydroxylation is 1. The van der Waals surface area contributed by atoms with E-state index >= 15 is 0 Å². The third kappa shape index (κ3) is 2.08. The Labute approximate surface area is 135 Å². The maximum Gasteiger partial charge on any atom is 0.418 e. The van der Waals surface area contributed by atoms with Gasteiger partial charge in [0.15, 0.2) is 0 Å². The third-order valence-corrected chi connectivity index (χ3v) is 4.88. The van der Waals surface area contributed by atoms with Crippen LogP contribution in [0.5, 0.6) is 5.75 Å². The molecule has 1 aromatic carbocycles. The van der Waals surface area contributed by atoms with Crippen molar-refractivity contribution in [1.29, 1.82) is 0 Å². The minimum Gasteiger partial charge on any atom is -0.493 e. The number of ether oxygens (including phenoxy) is 2. The van der Waals surface area contributed by atoms with Gasteiger partial charge >= 0.3 is 6.09 Å². The van der Waals surface area contributed by atoms with E-state index in [9.17, 15) is 4.79 Å². The monoisotopic (exact) mass is 311 g/mol. The Bertz CT molecular complexity index is 829. The van der Waals surface area contributed by atoms with Crippen LogP contribution in [0, 0.1) is 6.92 Å². The highest BCUT2D eigenvalue weighted by molar-refractivity contribution is 6.02. The van der Waals surface area contributed by atoms with Crippen molar-refractivity contribution in [3.8, 4) is 5.75 Å². The molecule has 0 saturated heterocycles. The van der Waals surface area contributed by atoms with Crippen molar-refractivity contribution in [2.75, 3.05) is 13.2 Å². The van der Waals surface area contributed by atoms with Gasteiger partial charge in [-0.2, -0.15) is 0 Å². The number of nitrogens with zero attached hydrogens (tertiary/aromatic N) is 1. The second kappa shape index (κ2) is 5.44. The van der Waals surface area contributed by atoms with Gasteiger partial charge in [0.1, 0.15) is 5.75 Å². The number of carbonyl (C=O) groups is 1. The maximum absolute atomic E-state index is 12.5. The van der Waals surface area contributed by atoms with E-state index < -0.39 is 0 Å². The first-order valence-electron chi connectivity index (χ1n) is 8.38. The standard InChI is InChI=1S/C19H21NO3/c1-3-22-19(21)20-12(2)14-7-5-4-6-13-10-11-23-16-9-8-15(20)18(14)17(13)16/h6,8-9H,3-5,7,10-11H2,1-2H3/b13-6-. The predicted octanol–water partition coefficient (Wildman–Crippen LogP) is 4.46. The van der Waals surface area contributed by atoms with Crippen molar-refractivity contribution in [2.45, 2.75) is 39.5 Å². The lowest BCUT2D eigenvalue weighted by atomic mass is 9.89. The summed E-state index contributed by atoms with van der Waals surface area (Å²) in [7, 11) is 0. The molecule has 4 rings (SSSR count). The molecule has 0 saturated carbocycles. The molecule has 1 aliphatic heterocycles. The molecule has 1 aromatic heterocycles. The van der Waals surface area contributed by atoms with Gasteiger partial charge in [-0.05, 0) is 56.4 Å². The second-order valence-electron chi connectivity index (χ2n) is 6.15. The van der Waals surface area contributed by atoms with Crippen LogP contribution in [-0.4, -0.2) is 23.9 Å². The molecule has 0 fully saturated rings. The van der Waals surface area contributed by atoms with Crippen molar-refractivity contribution in [2.24, 2.45) is 0 Å². The first-order valence-corrected chi connectivity index (χ1v) is 8.38. The molecule has 0 N–H and O–H groups in total. The number of aromatic nitrogens is 1. The third-order valence-electron chi connectivity index (χ3n) is 4.88. The normalized spacial score (nSPS) is 18.6. The summed E-state index contributed by atoms with van der Waals surface area (Å²) in [5.41, 5.74) is 5.75. The van der Waals surface area contributed by atoms with Crippen molar-refractivity contribution in [3.63, 3.8) is 0 Å². The summed E-state index contributed by atoms with van der Waals surface area (Å²) in [4.78, 5) is 12.5. The number of hydrogen-bond donors (Lipinski definition) is 0. The minimum absolute atomic E-state index is 0.289. The fourth-order valence-corrected chi connectivity index (χ4v) is 3.88. The molecule has 2 aliphatic rings. The molecule has 0 bridgehead atoms. The molecule has 1 aliphatic carbocycles. The Balaban J connectivity index is 2.07.